The molecule has 1 saturated heterocycles. The van der Waals surface area contributed by atoms with Crippen LogP contribution in [0.3, 0.4) is 0 Å². The van der Waals surface area contributed by atoms with E-state index in [0.29, 0.717) is 24.3 Å². The largest absolute Gasteiger partial charge is 0.396 e. The van der Waals surface area contributed by atoms with Gasteiger partial charge in [-0.1, -0.05) is 37.3 Å². The number of likely N-dealkylation sites (tertiary alicyclic amines) is 1. The smallest absolute Gasteiger partial charge is 0.257 e. The average Bonchev–Trinajstić information content (AvgIpc) is 3.10. The number of nitrogens with two attached hydrogens (primary N) is 1. The number of aliphatic hydroxyl groups excluding tert-OH is 1. The van der Waals surface area contributed by atoms with Crippen LogP contribution in [0.2, 0.25) is 0 Å². The van der Waals surface area contributed by atoms with Crippen LogP contribution in [0.15, 0.2) is 36.5 Å². The van der Waals surface area contributed by atoms with E-state index in [-0.39, 0.29) is 30.3 Å². The highest BCUT2D eigenvalue weighted by Gasteiger charge is 2.36. The molecule has 1 aromatic heterocycles. The highest BCUT2D eigenvalue weighted by atomic mass is 16.3. The van der Waals surface area contributed by atoms with Crippen molar-refractivity contribution in [2.24, 2.45) is 11.8 Å². The van der Waals surface area contributed by atoms with E-state index < -0.39 is 0 Å². The van der Waals surface area contributed by atoms with Crippen LogP contribution < -0.4 is 5.73 Å². The minimum atomic E-state index is -0.117. The van der Waals surface area contributed by atoms with Crippen LogP contribution in [-0.4, -0.2) is 70.6 Å². The van der Waals surface area contributed by atoms with Gasteiger partial charge in [0.05, 0.1) is 11.3 Å². The molecule has 2 atom stereocenters. The summed E-state index contributed by atoms with van der Waals surface area (Å²) in [5, 5.41) is 9.76. The molecule has 2 heterocycles. The Morgan fingerprint density at radius 1 is 1.30 bits per heavy atom. The van der Waals surface area contributed by atoms with Crippen molar-refractivity contribution in [1.29, 1.82) is 0 Å². The Bertz CT molecular complexity index is 783. The number of anilines is 1. The SMILES string of the molecule is CCN(C)CC1CN(C(=O)c2cnc(N)nc2-c2ccccc2)CC1CO. The number of carbonyl (C=O) groups excluding carboxylic acids is 1. The first-order valence-corrected chi connectivity index (χ1v) is 9.30. The Morgan fingerprint density at radius 3 is 2.67 bits per heavy atom. The summed E-state index contributed by atoms with van der Waals surface area (Å²) >= 11 is 0. The number of nitrogen functional groups attached to an aromatic ring is 1. The quantitative estimate of drug-likeness (QED) is 0.798. The zero-order chi connectivity index (χ0) is 19.4. The fourth-order valence-electron chi connectivity index (χ4n) is 3.59. The van der Waals surface area contributed by atoms with E-state index in [4.69, 9.17) is 5.73 Å². The van der Waals surface area contributed by atoms with Crippen molar-refractivity contribution in [1.82, 2.24) is 19.8 Å². The Hall–Kier alpha value is -2.51. The summed E-state index contributed by atoms with van der Waals surface area (Å²) < 4.78 is 0. The molecule has 27 heavy (non-hydrogen) atoms. The third-order valence-corrected chi connectivity index (χ3v) is 5.27. The fourth-order valence-corrected chi connectivity index (χ4v) is 3.59. The van der Waals surface area contributed by atoms with Crippen LogP contribution >= 0.6 is 0 Å². The van der Waals surface area contributed by atoms with Gasteiger partial charge in [0, 0.05) is 43.9 Å². The predicted octanol–water partition coefficient (Wildman–Crippen LogP) is 1.36. The van der Waals surface area contributed by atoms with Gasteiger partial charge in [0.1, 0.15) is 0 Å². The number of benzene rings is 1. The van der Waals surface area contributed by atoms with Gasteiger partial charge in [0.25, 0.3) is 5.91 Å². The van der Waals surface area contributed by atoms with Crippen molar-refractivity contribution < 1.29 is 9.90 Å². The standard InChI is InChI=1S/C20H27N5O2/c1-3-24(2)10-15-11-25(12-16(15)13-26)19(27)17-9-22-20(21)23-18(17)14-7-5-4-6-8-14/h4-9,15-16,26H,3,10-13H2,1-2H3,(H2,21,22,23). The molecule has 3 rings (SSSR count). The van der Waals surface area contributed by atoms with Gasteiger partial charge >= 0.3 is 0 Å². The first kappa shape index (κ1) is 19.3. The zero-order valence-corrected chi connectivity index (χ0v) is 15.9. The molecule has 1 aliphatic heterocycles. The zero-order valence-electron chi connectivity index (χ0n) is 15.9. The highest BCUT2D eigenvalue weighted by Crippen LogP contribution is 2.28. The van der Waals surface area contributed by atoms with Gasteiger partial charge in [0.2, 0.25) is 5.95 Å². The lowest BCUT2D eigenvalue weighted by Gasteiger charge is -2.22. The van der Waals surface area contributed by atoms with Crippen LogP contribution in [0, 0.1) is 11.8 Å². The molecule has 0 radical (unpaired) electrons. The number of hydrogen-bond acceptors (Lipinski definition) is 6. The molecule has 1 amide bonds. The molecule has 1 aliphatic rings. The number of hydrogen-bond donors (Lipinski definition) is 2. The van der Waals surface area contributed by atoms with E-state index in [1.165, 1.54) is 6.20 Å². The summed E-state index contributed by atoms with van der Waals surface area (Å²) in [6.07, 6.45) is 1.51. The molecule has 0 saturated carbocycles. The van der Waals surface area contributed by atoms with Crippen molar-refractivity contribution >= 4 is 11.9 Å². The monoisotopic (exact) mass is 369 g/mol. The summed E-state index contributed by atoms with van der Waals surface area (Å²) in [5.41, 5.74) is 7.58. The van der Waals surface area contributed by atoms with Gasteiger partial charge in [-0.25, -0.2) is 9.97 Å². The maximum Gasteiger partial charge on any atom is 0.257 e. The van der Waals surface area contributed by atoms with Crippen molar-refractivity contribution in [2.45, 2.75) is 6.92 Å². The van der Waals surface area contributed by atoms with Gasteiger partial charge in [-0.05, 0) is 19.5 Å². The number of amides is 1. The molecule has 1 fully saturated rings. The van der Waals surface area contributed by atoms with E-state index in [1.54, 1.807) is 4.90 Å². The molecule has 1 aromatic carbocycles. The number of carbonyl (C=O) groups is 1. The molecular formula is C20H27N5O2. The molecule has 7 heteroatoms. The molecule has 0 aliphatic carbocycles. The second-order valence-corrected chi connectivity index (χ2v) is 7.12. The van der Waals surface area contributed by atoms with E-state index in [9.17, 15) is 9.90 Å². The lowest BCUT2D eigenvalue weighted by atomic mass is 9.96. The first-order valence-electron chi connectivity index (χ1n) is 9.30. The summed E-state index contributed by atoms with van der Waals surface area (Å²) in [5.74, 6) is 0.355. The van der Waals surface area contributed by atoms with Crippen molar-refractivity contribution in [3.8, 4) is 11.3 Å². The Kier molecular flexibility index (Phi) is 6.03. The van der Waals surface area contributed by atoms with Crippen molar-refractivity contribution in [3.05, 3.63) is 42.1 Å². The van der Waals surface area contributed by atoms with Crippen LogP contribution in [-0.2, 0) is 0 Å². The number of aliphatic hydroxyl groups is 1. The lowest BCUT2D eigenvalue weighted by molar-refractivity contribution is 0.0779. The maximum atomic E-state index is 13.2. The molecule has 144 valence electrons. The summed E-state index contributed by atoms with van der Waals surface area (Å²) in [6, 6.07) is 9.51. The molecule has 2 unspecified atom stereocenters. The van der Waals surface area contributed by atoms with Crippen molar-refractivity contribution in [2.75, 3.05) is 45.6 Å². The second-order valence-electron chi connectivity index (χ2n) is 7.12. The molecule has 0 spiro atoms. The average molecular weight is 369 g/mol. The van der Waals surface area contributed by atoms with E-state index >= 15 is 0 Å². The predicted molar refractivity (Wildman–Crippen MR) is 105 cm³/mol. The van der Waals surface area contributed by atoms with E-state index in [2.05, 4.69) is 28.8 Å². The third-order valence-electron chi connectivity index (χ3n) is 5.27. The lowest BCUT2D eigenvalue weighted by Crippen LogP contribution is -2.32. The second kappa shape index (κ2) is 8.45. The van der Waals surface area contributed by atoms with Gasteiger partial charge in [0.15, 0.2) is 0 Å². The molecular weight excluding hydrogens is 342 g/mol. The summed E-state index contributed by atoms with van der Waals surface area (Å²) in [7, 11) is 2.06. The minimum absolute atomic E-state index is 0.0791. The molecule has 7 nitrogen and oxygen atoms in total. The highest BCUT2D eigenvalue weighted by molar-refractivity contribution is 6.00. The fraction of sp³-hybridized carbons (Fsp3) is 0.450. The molecule has 0 bridgehead atoms. The van der Waals surface area contributed by atoms with Crippen LogP contribution in [0.25, 0.3) is 11.3 Å². The number of rotatable bonds is 6. The van der Waals surface area contributed by atoms with Crippen molar-refractivity contribution in [3.63, 3.8) is 0 Å². The Morgan fingerprint density at radius 2 is 2.00 bits per heavy atom. The van der Waals surface area contributed by atoms with Crippen LogP contribution in [0.4, 0.5) is 5.95 Å². The first-order chi connectivity index (χ1) is 13.0. The van der Waals surface area contributed by atoms with Gasteiger partial charge < -0.3 is 20.6 Å². The van der Waals surface area contributed by atoms with Gasteiger partial charge in [-0.15, -0.1) is 0 Å². The van der Waals surface area contributed by atoms with Gasteiger partial charge in [-0.2, -0.15) is 0 Å². The minimum Gasteiger partial charge on any atom is -0.396 e. The van der Waals surface area contributed by atoms with Gasteiger partial charge in [-0.3, -0.25) is 4.79 Å². The third kappa shape index (κ3) is 4.26. The number of nitrogens with zero attached hydrogens (tertiary/aromatic N) is 4. The van der Waals surface area contributed by atoms with E-state index in [0.717, 1.165) is 18.7 Å². The Labute approximate surface area is 159 Å². The maximum absolute atomic E-state index is 13.2. The topological polar surface area (TPSA) is 95.6 Å². The summed E-state index contributed by atoms with van der Waals surface area (Å²) in [6.45, 7) is 5.13. The van der Waals surface area contributed by atoms with Crippen LogP contribution in [0.1, 0.15) is 17.3 Å². The van der Waals surface area contributed by atoms with E-state index in [1.807, 2.05) is 30.3 Å². The summed E-state index contributed by atoms with van der Waals surface area (Å²) in [4.78, 5) is 25.6. The molecule has 3 N–H and O–H groups in total. The number of aromatic nitrogens is 2. The Balaban J connectivity index is 1.86. The van der Waals surface area contributed by atoms with Crippen LogP contribution in [0.5, 0.6) is 0 Å². The normalized spacial score (nSPS) is 19.6. The molecule has 2 aromatic rings.